The molecule has 3 rings (SSSR count). The number of nitrogens with one attached hydrogen (secondary N) is 1. The van der Waals surface area contributed by atoms with Crippen molar-refractivity contribution in [3.8, 4) is 5.75 Å². The highest BCUT2D eigenvalue weighted by Gasteiger charge is 2.18. The topological polar surface area (TPSA) is 54.5 Å². The number of nitrogens with zero attached hydrogens (tertiary/aromatic N) is 2. The normalized spacial score (nSPS) is 16.0. The van der Waals surface area contributed by atoms with Crippen LogP contribution in [0.5, 0.6) is 5.75 Å². The first kappa shape index (κ1) is 17.8. The van der Waals surface area contributed by atoms with E-state index in [0.717, 1.165) is 37.3 Å². The van der Waals surface area contributed by atoms with Crippen molar-refractivity contribution >= 4 is 22.4 Å². The Morgan fingerprint density at radius 2 is 2.20 bits per heavy atom. The number of ether oxygens (including phenoxy) is 1. The lowest BCUT2D eigenvalue weighted by Gasteiger charge is -2.29. The Labute approximate surface area is 150 Å². The number of carbonyl (C=O) groups is 1. The number of amides is 1. The SMILES string of the molecule is COc1ccc(F)cc1C(=O)Nc1nc(CN2CCC(C)CC2)cs1. The molecule has 0 radical (unpaired) electrons. The molecule has 1 fully saturated rings. The van der Waals surface area contributed by atoms with Crippen LogP contribution in [0.2, 0.25) is 0 Å². The number of benzene rings is 1. The molecule has 1 aliphatic rings. The summed E-state index contributed by atoms with van der Waals surface area (Å²) in [5, 5.41) is 5.19. The third-order valence-corrected chi connectivity index (χ3v) is 5.25. The Balaban J connectivity index is 1.63. The van der Waals surface area contributed by atoms with Crippen molar-refractivity contribution in [2.24, 2.45) is 5.92 Å². The third kappa shape index (κ3) is 4.55. The van der Waals surface area contributed by atoms with E-state index in [9.17, 15) is 9.18 Å². The van der Waals surface area contributed by atoms with E-state index in [1.54, 1.807) is 0 Å². The zero-order valence-electron chi connectivity index (χ0n) is 14.4. The summed E-state index contributed by atoms with van der Waals surface area (Å²) in [6, 6.07) is 3.86. The molecule has 0 aliphatic carbocycles. The van der Waals surface area contributed by atoms with Gasteiger partial charge in [0.15, 0.2) is 5.13 Å². The highest BCUT2D eigenvalue weighted by Crippen LogP contribution is 2.24. The van der Waals surface area contributed by atoms with Gasteiger partial charge in [0, 0.05) is 11.9 Å². The molecule has 0 spiro atoms. The maximum atomic E-state index is 13.4. The van der Waals surface area contributed by atoms with Gasteiger partial charge in [-0.2, -0.15) is 0 Å². The maximum Gasteiger partial charge on any atom is 0.261 e. The second kappa shape index (κ2) is 7.93. The molecule has 0 saturated carbocycles. The number of rotatable bonds is 5. The van der Waals surface area contributed by atoms with Crippen LogP contribution >= 0.6 is 11.3 Å². The van der Waals surface area contributed by atoms with Gasteiger partial charge in [0.1, 0.15) is 11.6 Å². The standard InChI is InChI=1S/C18H22FN3O2S/c1-12-5-7-22(8-6-12)10-14-11-25-18(20-14)21-17(23)15-9-13(19)3-4-16(15)24-2/h3-4,9,11-12H,5-8,10H2,1-2H3,(H,20,21,23). The van der Waals surface area contributed by atoms with Gasteiger partial charge in [0.25, 0.3) is 5.91 Å². The summed E-state index contributed by atoms with van der Waals surface area (Å²) in [5.41, 5.74) is 1.10. The molecule has 134 valence electrons. The van der Waals surface area contributed by atoms with Crippen molar-refractivity contribution < 1.29 is 13.9 Å². The van der Waals surface area contributed by atoms with Crippen LogP contribution in [0.1, 0.15) is 35.8 Å². The fraction of sp³-hybridized carbons (Fsp3) is 0.444. The number of hydrogen-bond donors (Lipinski definition) is 1. The van der Waals surface area contributed by atoms with Gasteiger partial charge in [-0.1, -0.05) is 6.92 Å². The van der Waals surface area contributed by atoms with E-state index in [2.05, 4.69) is 22.1 Å². The van der Waals surface area contributed by atoms with Gasteiger partial charge in [-0.15, -0.1) is 11.3 Å². The van der Waals surface area contributed by atoms with Gasteiger partial charge in [0.2, 0.25) is 0 Å². The predicted molar refractivity (Wildman–Crippen MR) is 96.7 cm³/mol. The molecule has 1 N–H and O–H groups in total. The summed E-state index contributed by atoms with van der Waals surface area (Å²) in [7, 11) is 1.45. The molecule has 2 heterocycles. The Bertz CT molecular complexity index is 742. The Kier molecular flexibility index (Phi) is 5.65. The highest BCUT2D eigenvalue weighted by atomic mass is 32.1. The van der Waals surface area contributed by atoms with Crippen molar-refractivity contribution in [2.75, 3.05) is 25.5 Å². The third-order valence-electron chi connectivity index (χ3n) is 4.44. The number of likely N-dealkylation sites (tertiary alicyclic amines) is 1. The van der Waals surface area contributed by atoms with Gasteiger partial charge in [-0.05, 0) is 50.0 Å². The maximum absolute atomic E-state index is 13.4. The zero-order valence-corrected chi connectivity index (χ0v) is 15.2. The van der Waals surface area contributed by atoms with Crippen LogP contribution in [0.3, 0.4) is 0 Å². The molecule has 2 aromatic rings. The van der Waals surface area contributed by atoms with Crippen LogP contribution in [0.25, 0.3) is 0 Å². The van der Waals surface area contributed by atoms with E-state index < -0.39 is 11.7 Å². The molecule has 0 atom stereocenters. The van der Waals surface area contributed by atoms with Crippen molar-refractivity contribution in [1.82, 2.24) is 9.88 Å². The van der Waals surface area contributed by atoms with Gasteiger partial charge in [0.05, 0.1) is 18.4 Å². The fourth-order valence-corrected chi connectivity index (χ4v) is 3.60. The number of anilines is 1. The molecule has 1 saturated heterocycles. The number of aromatic nitrogens is 1. The monoisotopic (exact) mass is 363 g/mol. The summed E-state index contributed by atoms with van der Waals surface area (Å²) < 4.78 is 18.5. The van der Waals surface area contributed by atoms with E-state index in [4.69, 9.17) is 4.74 Å². The van der Waals surface area contributed by atoms with Gasteiger partial charge in [-0.3, -0.25) is 15.0 Å². The van der Waals surface area contributed by atoms with E-state index in [1.807, 2.05) is 5.38 Å². The van der Waals surface area contributed by atoms with Crippen LogP contribution in [0.4, 0.5) is 9.52 Å². The number of piperidine rings is 1. The molecule has 1 aromatic heterocycles. The lowest BCUT2D eigenvalue weighted by Crippen LogP contribution is -2.32. The van der Waals surface area contributed by atoms with Crippen molar-refractivity contribution in [3.63, 3.8) is 0 Å². The molecule has 5 nitrogen and oxygen atoms in total. The lowest BCUT2D eigenvalue weighted by molar-refractivity contribution is 0.102. The Morgan fingerprint density at radius 1 is 1.44 bits per heavy atom. The molecule has 0 bridgehead atoms. The van der Waals surface area contributed by atoms with E-state index in [1.165, 1.54) is 43.4 Å². The smallest absolute Gasteiger partial charge is 0.261 e. The minimum atomic E-state index is -0.481. The van der Waals surface area contributed by atoms with E-state index in [-0.39, 0.29) is 5.56 Å². The van der Waals surface area contributed by atoms with Crippen LogP contribution in [0, 0.1) is 11.7 Å². The first-order valence-corrected chi connectivity index (χ1v) is 9.24. The number of carbonyl (C=O) groups excluding carboxylic acids is 1. The minimum Gasteiger partial charge on any atom is -0.496 e. The molecule has 1 amide bonds. The van der Waals surface area contributed by atoms with Crippen LogP contribution < -0.4 is 10.1 Å². The molecule has 25 heavy (non-hydrogen) atoms. The zero-order chi connectivity index (χ0) is 17.8. The lowest BCUT2D eigenvalue weighted by atomic mass is 9.99. The quantitative estimate of drug-likeness (QED) is 0.878. The molecule has 7 heteroatoms. The van der Waals surface area contributed by atoms with Crippen LogP contribution in [0.15, 0.2) is 23.6 Å². The molecule has 0 unspecified atom stereocenters. The second-order valence-corrected chi connectivity index (χ2v) is 7.26. The highest BCUT2D eigenvalue weighted by molar-refractivity contribution is 7.14. The first-order valence-electron chi connectivity index (χ1n) is 8.37. The molecular weight excluding hydrogens is 341 g/mol. The van der Waals surface area contributed by atoms with E-state index in [0.29, 0.717) is 10.9 Å². The van der Waals surface area contributed by atoms with Crippen molar-refractivity contribution in [1.29, 1.82) is 0 Å². The number of thiazole rings is 1. The van der Waals surface area contributed by atoms with Crippen LogP contribution in [-0.2, 0) is 6.54 Å². The summed E-state index contributed by atoms with van der Waals surface area (Å²) in [6.45, 7) is 5.25. The summed E-state index contributed by atoms with van der Waals surface area (Å²) in [5.74, 6) is 0.218. The fourth-order valence-electron chi connectivity index (χ4n) is 2.91. The van der Waals surface area contributed by atoms with Gasteiger partial charge < -0.3 is 4.74 Å². The Hall–Kier alpha value is -1.99. The van der Waals surface area contributed by atoms with Gasteiger partial charge in [-0.25, -0.2) is 9.37 Å². The average Bonchev–Trinajstić information content (AvgIpc) is 3.03. The largest absolute Gasteiger partial charge is 0.496 e. The predicted octanol–water partition coefficient (Wildman–Crippen LogP) is 3.78. The van der Waals surface area contributed by atoms with E-state index >= 15 is 0 Å². The molecule has 1 aliphatic heterocycles. The molecular formula is C18H22FN3O2S. The summed E-state index contributed by atoms with van der Waals surface area (Å²) in [4.78, 5) is 19.2. The number of halogens is 1. The number of methoxy groups -OCH3 is 1. The minimum absolute atomic E-state index is 0.157. The second-order valence-electron chi connectivity index (χ2n) is 6.40. The van der Waals surface area contributed by atoms with Gasteiger partial charge >= 0.3 is 0 Å². The van der Waals surface area contributed by atoms with Crippen LogP contribution in [-0.4, -0.2) is 36.0 Å². The molecule has 1 aromatic carbocycles. The number of hydrogen-bond acceptors (Lipinski definition) is 5. The average molecular weight is 363 g/mol. The summed E-state index contributed by atoms with van der Waals surface area (Å²) in [6.07, 6.45) is 2.43. The first-order chi connectivity index (χ1) is 12.0. The Morgan fingerprint density at radius 3 is 2.92 bits per heavy atom. The van der Waals surface area contributed by atoms with Crippen molar-refractivity contribution in [2.45, 2.75) is 26.3 Å². The van der Waals surface area contributed by atoms with Crippen molar-refractivity contribution in [3.05, 3.63) is 40.7 Å². The summed E-state index contributed by atoms with van der Waals surface area (Å²) >= 11 is 1.38.